The number of rotatable bonds is 8. The normalized spacial score (nSPS) is 11.3. The van der Waals surface area contributed by atoms with Crippen molar-refractivity contribution in [3.63, 3.8) is 0 Å². The summed E-state index contributed by atoms with van der Waals surface area (Å²) < 4.78 is 0. The van der Waals surface area contributed by atoms with Crippen LogP contribution in [-0.2, 0) is 12.8 Å². The summed E-state index contributed by atoms with van der Waals surface area (Å²) in [6, 6.07) is 21.3. The van der Waals surface area contributed by atoms with Gasteiger partial charge in [0.25, 0.3) is 0 Å². The quantitative estimate of drug-likeness (QED) is 0.331. The Kier molecular flexibility index (Phi) is 7.45. The maximum Gasteiger partial charge on any atom is 0.188 e. The highest BCUT2D eigenvalue weighted by Crippen LogP contribution is 2.37. The van der Waals surface area contributed by atoms with Crippen LogP contribution in [0.2, 0.25) is 0 Å². The van der Waals surface area contributed by atoms with Gasteiger partial charge in [0, 0.05) is 29.9 Å². The van der Waals surface area contributed by atoms with Crippen LogP contribution >= 0.6 is 11.3 Å². The van der Waals surface area contributed by atoms with Gasteiger partial charge in [0.2, 0.25) is 0 Å². The van der Waals surface area contributed by atoms with E-state index in [9.17, 15) is 0 Å². The maximum absolute atomic E-state index is 5.74. The highest BCUT2D eigenvalue weighted by Gasteiger charge is 2.11. The molecule has 7 heteroatoms. The summed E-state index contributed by atoms with van der Waals surface area (Å²) in [6.07, 6.45) is 1.67. The van der Waals surface area contributed by atoms with E-state index in [4.69, 9.17) is 17.2 Å². The number of nitrogens with zero attached hydrogens (tertiary/aromatic N) is 2. The molecule has 0 bridgehead atoms. The molecule has 3 aromatic rings. The van der Waals surface area contributed by atoms with Crippen LogP contribution in [0.3, 0.4) is 0 Å². The zero-order valence-corrected chi connectivity index (χ0v) is 18.0. The minimum atomic E-state index is 0.129. The molecule has 0 saturated carbocycles. The first-order chi connectivity index (χ1) is 14.6. The van der Waals surface area contributed by atoms with Crippen LogP contribution in [0.5, 0.6) is 0 Å². The zero-order chi connectivity index (χ0) is 21.3. The highest BCUT2D eigenvalue weighted by molar-refractivity contribution is 7.18. The van der Waals surface area contributed by atoms with Crippen LogP contribution < -0.4 is 22.5 Å². The lowest BCUT2D eigenvalue weighted by Gasteiger charge is -2.09. The second-order valence-corrected chi connectivity index (χ2v) is 7.90. The van der Waals surface area contributed by atoms with Gasteiger partial charge < -0.3 is 22.5 Å². The average Bonchev–Trinajstić information content (AvgIpc) is 3.24. The van der Waals surface area contributed by atoms with Gasteiger partial charge in [0.15, 0.2) is 11.9 Å². The van der Waals surface area contributed by atoms with Crippen molar-refractivity contribution in [2.75, 3.05) is 20.1 Å². The number of nitrogens with one attached hydrogen (secondary N) is 1. The Morgan fingerprint density at radius 2 is 1.40 bits per heavy atom. The summed E-state index contributed by atoms with van der Waals surface area (Å²) >= 11 is 1.80. The van der Waals surface area contributed by atoms with Gasteiger partial charge in [-0.3, -0.25) is 9.98 Å². The highest BCUT2D eigenvalue weighted by atomic mass is 32.1. The van der Waals surface area contributed by atoms with E-state index in [0.29, 0.717) is 12.5 Å². The molecule has 6 nitrogen and oxygen atoms in total. The van der Waals surface area contributed by atoms with E-state index in [2.05, 4.69) is 76.0 Å². The van der Waals surface area contributed by atoms with Crippen molar-refractivity contribution < 1.29 is 0 Å². The van der Waals surface area contributed by atoms with E-state index >= 15 is 0 Å². The zero-order valence-electron chi connectivity index (χ0n) is 17.1. The minimum absolute atomic E-state index is 0.129. The lowest BCUT2D eigenvalue weighted by molar-refractivity contribution is 0.858. The molecule has 0 saturated heterocycles. The predicted octanol–water partition coefficient (Wildman–Crippen LogP) is 2.97. The van der Waals surface area contributed by atoms with Crippen molar-refractivity contribution in [1.82, 2.24) is 5.32 Å². The van der Waals surface area contributed by atoms with Crippen LogP contribution in [0.25, 0.3) is 20.9 Å². The van der Waals surface area contributed by atoms with Crippen molar-refractivity contribution in [3.05, 3.63) is 71.8 Å². The molecule has 0 fully saturated rings. The SMILES string of the molecule is CN=C(N)NCCc1ccccc1-c1ccc(-c2ccccc2CCN=C(N)N)s1. The van der Waals surface area contributed by atoms with Crippen LogP contribution in [0.1, 0.15) is 11.1 Å². The second-order valence-electron chi connectivity index (χ2n) is 6.82. The lowest BCUT2D eigenvalue weighted by atomic mass is 10.0. The van der Waals surface area contributed by atoms with E-state index in [1.54, 1.807) is 18.4 Å². The molecular formula is C23H28N6S. The molecule has 0 atom stereocenters. The Hall–Kier alpha value is -3.32. The minimum Gasteiger partial charge on any atom is -0.370 e. The molecule has 0 spiro atoms. The molecule has 0 amide bonds. The van der Waals surface area contributed by atoms with E-state index in [1.807, 2.05) is 0 Å². The molecule has 1 aromatic heterocycles. The number of guanidine groups is 2. The number of hydrogen-bond donors (Lipinski definition) is 4. The third kappa shape index (κ3) is 5.61. The molecule has 0 aliphatic rings. The third-order valence-corrected chi connectivity index (χ3v) is 5.94. The lowest BCUT2D eigenvalue weighted by Crippen LogP contribution is -2.32. The van der Waals surface area contributed by atoms with Crippen molar-refractivity contribution in [2.45, 2.75) is 12.8 Å². The van der Waals surface area contributed by atoms with Gasteiger partial charge in [-0.25, -0.2) is 0 Å². The Bertz CT molecular complexity index is 1030. The molecule has 2 aromatic carbocycles. The Morgan fingerprint density at radius 3 is 1.97 bits per heavy atom. The Balaban J connectivity index is 1.82. The van der Waals surface area contributed by atoms with Crippen LogP contribution in [0.4, 0.5) is 0 Å². The molecular weight excluding hydrogens is 392 g/mol. The number of hydrogen-bond acceptors (Lipinski definition) is 3. The molecule has 0 aliphatic carbocycles. The summed E-state index contributed by atoms with van der Waals surface area (Å²) in [4.78, 5) is 10.5. The maximum atomic E-state index is 5.74. The molecule has 0 unspecified atom stereocenters. The van der Waals surface area contributed by atoms with Gasteiger partial charge in [0.05, 0.1) is 0 Å². The summed E-state index contributed by atoms with van der Waals surface area (Å²) in [5.74, 6) is 0.590. The standard InChI is InChI=1S/C23H28N6S/c1-27-23(26)29-15-13-17-7-3-5-9-19(17)21-11-10-20(30-21)18-8-4-2-6-16(18)12-14-28-22(24)25/h2-11H,12-15H2,1H3,(H4,24,25,28)(H3,26,27,29). The first-order valence-corrected chi connectivity index (χ1v) is 10.7. The fraction of sp³-hybridized carbons (Fsp3) is 0.217. The molecule has 0 radical (unpaired) electrons. The molecule has 3 rings (SSSR count). The molecule has 1 heterocycles. The van der Waals surface area contributed by atoms with Crippen LogP contribution in [0, 0.1) is 0 Å². The first-order valence-electron chi connectivity index (χ1n) is 9.86. The van der Waals surface area contributed by atoms with Crippen molar-refractivity contribution in [3.8, 4) is 20.9 Å². The van der Waals surface area contributed by atoms with Crippen molar-refractivity contribution in [1.29, 1.82) is 0 Å². The van der Waals surface area contributed by atoms with Gasteiger partial charge >= 0.3 is 0 Å². The number of nitrogens with two attached hydrogens (primary N) is 3. The van der Waals surface area contributed by atoms with E-state index < -0.39 is 0 Å². The predicted molar refractivity (Wildman–Crippen MR) is 129 cm³/mol. The average molecular weight is 421 g/mol. The fourth-order valence-electron chi connectivity index (χ4n) is 3.29. The molecule has 30 heavy (non-hydrogen) atoms. The number of thiophene rings is 1. The van der Waals surface area contributed by atoms with Gasteiger partial charge in [-0.1, -0.05) is 48.5 Å². The van der Waals surface area contributed by atoms with Gasteiger partial charge in [-0.2, -0.15) is 0 Å². The Morgan fingerprint density at radius 1 is 0.833 bits per heavy atom. The number of benzene rings is 2. The summed E-state index contributed by atoms with van der Waals surface area (Å²) in [5, 5.41) is 3.13. The fourth-order valence-corrected chi connectivity index (χ4v) is 4.42. The van der Waals surface area contributed by atoms with Crippen molar-refractivity contribution in [2.24, 2.45) is 27.2 Å². The van der Waals surface area contributed by atoms with Crippen LogP contribution in [0.15, 0.2) is 70.6 Å². The van der Waals surface area contributed by atoms with Gasteiger partial charge in [0.1, 0.15) is 0 Å². The second kappa shape index (κ2) is 10.5. The molecule has 156 valence electrons. The largest absolute Gasteiger partial charge is 0.370 e. The van der Waals surface area contributed by atoms with Crippen molar-refractivity contribution >= 4 is 23.3 Å². The Labute approximate surface area is 181 Å². The number of aliphatic imine (C=N–C) groups is 2. The van der Waals surface area contributed by atoms with Gasteiger partial charge in [-0.15, -0.1) is 11.3 Å². The van der Waals surface area contributed by atoms with Gasteiger partial charge in [-0.05, 0) is 47.2 Å². The topological polar surface area (TPSA) is 115 Å². The smallest absolute Gasteiger partial charge is 0.188 e. The summed E-state index contributed by atoms with van der Waals surface area (Å²) in [6.45, 7) is 1.32. The summed E-state index contributed by atoms with van der Waals surface area (Å²) in [5.41, 5.74) is 21.7. The monoisotopic (exact) mass is 420 g/mol. The van der Waals surface area contributed by atoms with E-state index in [0.717, 1.165) is 19.4 Å². The van der Waals surface area contributed by atoms with E-state index in [-0.39, 0.29) is 5.96 Å². The first kappa shape index (κ1) is 21.4. The third-order valence-electron chi connectivity index (χ3n) is 4.79. The van der Waals surface area contributed by atoms with E-state index in [1.165, 1.54) is 32.0 Å². The molecule has 0 aliphatic heterocycles. The molecule has 7 N–H and O–H groups in total. The van der Waals surface area contributed by atoms with Crippen LogP contribution in [-0.4, -0.2) is 32.1 Å². The summed E-state index contributed by atoms with van der Waals surface area (Å²) in [7, 11) is 1.68.